The maximum absolute atomic E-state index is 13.2. The number of pyridine rings is 1. The third-order valence-electron chi connectivity index (χ3n) is 5.75. The Hall–Kier alpha value is -4.73. The second-order valence-corrected chi connectivity index (χ2v) is 8.57. The first kappa shape index (κ1) is 24.0. The fourth-order valence-corrected chi connectivity index (χ4v) is 3.95. The molecule has 0 aliphatic heterocycles. The Morgan fingerprint density at radius 2 is 1.84 bits per heavy atom. The van der Waals surface area contributed by atoms with Crippen LogP contribution in [0.3, 0.4) is 0 Å². The number of fused-ring (bicyclic) bond motifs is 1. The van der Waals surface area contributed by atoms with Crippen LogP contribution in [0.15, 0.2) is 73.2 Å². The number of aryl methyl sites for hydroxylation is 2. The molecule has 0 radical (unpaired) electrons. The molecule has 0 unspecified atom stereocenters. The minimum Gasteiger partial charge on any atom is -0.358 e. The van der Waals surface area contributed by atoms with Crippen molar-refractivity contribution in [3.8, 4) is 11.3 Å². The van der Waals surface area contributed by atoms with Gasteiger partial charge in [0.2, 0.25) is 5.95 Å². The van der Waals surface area contributed by atoms with Crippen LogP contribution >= 0.6 is 0 Å². The summed E-state index contributed by atoms with van der Waals surface area (Å²) in [7, 11) is 0. The normalized spacial score (nSPS) is 11.5. The highest BCUT2D eigenvalue weighted by Gasteiger charge is 2.31. The summed E-state index contributed by atoms with van der Waals surface area (Å²) in [5.74, 6) is -0.222. The van der Waals surface area contributed by atoms with Crippen LogP contribution < -0.4 is 10.6 Å². The van der Waals surface area contributed by atoms with Crippen molar-refractivity contribution in [3.05, 3.63) is 95.4 Å². The highest BCUT2D eigenvalue weighted by atomic mass is 19.4. The maximum Gasteiger partial charge on any atom is 0.416 e. The lowest BCUT2D eigenvalue weighted by Crippen LogP contribution is -2.14. The summed E-state index contributed by atoms with van der Waals surface area (Å²) in [5.41, 5.74) is 4.23. The number of carbonyl (C=O) groups excluding carboxylic acids is 1. The molecule has 3 N–H and O–H groups in total. The van der Waals surface area contributed by atoms with Crippen LogP contribution in [0.4, 0.5) is 30.5 Å². The van der Waals surface area contributed by atoms with E-state index >= 15 is 0 Å². The minimum absolute atomic E-state index is 0.0646. The fourth-order valence-electron chi connectivity index (χ4n) is 3.95. The van der Waals surface area contributed by atoms with Crippen molar-refractivity contribution < 1.29 is 18.0 Å². The molecule has 0 atom stereocenters. The van der Waals surface area contributed by atoms with Crippen LogP contribution in [0.25, 0.3) is 22.3 Å². The van der Waals surface area contributed by atoms with E-state index in [9.17, 15) is 18.0 Å². The summed E-state index contributed by atoms with van der Waals surface area (Å²) in [4.78, 5) is 29.5. The molecule has 10 heteroatoms. The number of hydrogen-bond donors (Lipinski definition) is 3. The van der Waals surface area contributed by atoms with Gasteiger partial charge >= 0.3 is 6.18 Å². The molecule has 7 nitrogen and oxygen atoms in total. The number of nitrogens with one attached hydrogen (secondary N) is 3. The first-order valence-electron chi connectivity index (χ1n) is 11.3. The number of aromatic nitrogens is 4. The monoisotopic (exact) mass is 502 g/mol. The van der Waals surface area contributed by atoms with Crippen molar-refractivity contribution in [1.29, 1.82) is 0 Å². The number of anilines is 3. The second-order valence-electron chi connectivity index (χ2n) is 8.57. The predicted molar refractivity (Wildman–Crippen MR) is 136 cm³/mol. The van der Waals surface area contributed by atoms with E-state index in [1.807, 2.05) is 25.1 Å². The SMILES string of the molecule is Cc1cc(NC(=O)c2ccc(C)c(Nc3nc(-c4cccnc4)c4[nH]ccc4n3)c2)cc(C(F)(F)F)c1. The average molecular weight is 503 g/mol. The maximum atomic E-state index is 13.2. The molecule has 186 valence electrons. The molecule has 5 rings (SSSR count). The average Bonchev–Trinajstić information content (AvgIpc) is 3.33. The van der Waals surface area contributed by atoms with Crippen LogP contribution in [0, 0.1) is 13.8 Å². The Bertz CT molecular complexity index is 1610. The predicted octanol–water partition coefficient (Wildman–Crippen LogP) is 6.65. The Morgan fingerprint density at radius 1 is 1.00 bits per heavy atom. The molecule has 0 saturated carbocycles. The first-order chi connectivity index (χ1) is 17.7. The molecule has 3 aromatic heterocycles. The molecule has 0 aliphatic carbocycles. The number of nitrogens with zero attached hydrogens (tertiary/aromatic N) is 3. The number of alkyl halides is 3. The van der Waals surface area contributed by atoms with Crippen molar-refractivity contribution in [2.45, 2.75) is 20.0 Å². The molecule has 0 spiro atoms. The van der Waals surface area contributed by atoms with Crippen LogP contribution in [0.2, 0.25) is 0 Å². The van der Waals surface area contributed by atoms with Gasteiger partial charge in [-0.3, -0.25) is 9.78 Å². The topological polar surface area (TPSA) is 95.6 Å². The second kappa shape index (κ2) is 9.38. The number of hydrogen-bond acceptors (Lipinski definition) is 5. The smallest absolute Gasteiger partial charge is 0.358 e. The highest BCUT2D eigenvalue weighted by Crippen LogP contribution is 2.32. The number of benzene rings is 2. The molecule has 0 fully saturated rings. The number of H-pyrrole nitrogens is 1. The zero-order chi connectivity index (χ0) is 26.2. The fraction of sp³-hybridized carbons (Fsp3) is 0.111. The standard InChI is InChI=1S/C27H21F3N6O/c1-15-10-19(27(28,29)30)13-20(11-15)33-25(37)17-6-5-16(2)22(12-17)35-26-34-21-7-9-32-24(21)23(36-26)18-4-3-8-31-14-18/h3-14,32H,1-2H3,(H,33,37)(H,34,35,36). The molecular weight excluding hydrogens is 481 g/mol. The van der Waals surface area contributed by atoms with E-state index in [0.29, 0.717) is 28.4 Å². The third kappa shape index (κ3) is 5.13. The van der Waals surface area contributed by atoms with Gasteiger partial charge in [0.25, 0.3) is 5.91 Å². The van der Waals surface area contributed by atoms with Crippen molar-refractivity contribution in [2.75, 3.05) is 10.6 Å². The Balaban J connectivity index is 1.44. The lowest BCUT2D eigenvalue weighted by Gasteiger charge is -2.14. The van der Waals surface area contributed by atoms with Gasteiger partial charge in [0.15, 0.2) is 0 Å². The van der Waals surface area contributed by atoms with E-state index in [1.54, 1.807) is 43.7 Å². The van der Waals surface area contributed by atoms with E-state index in [0.717, 1.165) is 28.8 Å². The summed E-state index contributed by atoms with van der Waals surface area (Å²) in [6.07, 6.45) is 0.644. The van der Waals surface area contributed by atoms with Gasteiger partial charge < -0.3 is 15.6 Å². The molecule has 1 amide bonds. The molecular formula is C27H21F3N6O. The van der Waals surface area contributed by atoms with E-state index in [-0.39, 0.29) is 11.3 Å². The molecule has 0 bridgehead atoms. The zero-order valence-electron chi connectivity index (χ0n) is 19.8. The lowest BCUT2D eigenvalue weighted by molar-refractivity contribution is -0.137. The summed E-state index contributed by atoms with van der Waals surface area (Å²) in [5, 5.41) is 5.74. The van der Waals surface area contributed by atoms with Crippen LogP contribution in [0.1, 0.15) is 27.0 Å². The molecule has 5 aromatic rings. The summed E-state index contributed by atoms with van der Waals surface area (Å²) < 4.78 is 39.6. The van der Waals surface area contributed by atoms with Gasteiger partial charge in [-0.2, -0.15) is 13.2 Å². The summed E-state index contributed by atoms with van der Waals surface area (Å²) in [6.45, 7) is 3.40. The first-order valence-corrected chi connectivity index (χ1v) is 11.3. The minimum atomic E-state index is -4.51. The van der Waals surface area contributed by atoms with E-state index in [4.69, 9.17) is 0 Å². The van der Waals surface area contributed by atoms with Gasteiger partial charge in [-0.05, 0) is 73.5 Å². The number of rotatable bonds is 5. The number of halogens is 3. The van der Waals surface area contributed by atoms with Crippen molar-refractivity contribution in [1.82, 2.24) is 19.9 Å². The van der Waals surface area contributed by atoms with Gasteiger partial charge in [-0.1, -0.05) is 6.07 Å². The number of amides is 1. The zero-order valence-corrected chi connectivity index (χ0v) is 19.8. The van der Waals surface area contributed by atoms with Crippen LogP contribution in [0.5, 0.6) is 0 Å². The van der Waals surface area contributed by atoms with Crippen molar-refractivity contribution in [3.63, 3.8) is 0 Å². The molecule has 2 aromatic carbocycles. The van der Waals surface area contributed by atoms with E-state index < -0.39 is 17.6 Å². The van der Waals surface area contributed by atoms with Gasteiger partial charge in [0.1, 0.15) is 5.69 Å². The molecule has 0 saturated heterocycles. The van der Waals surface area contributed by atoms with Crippen molar-refractivity contribution >= 4 is 34.3 Å². The Morgan fingerprint density at radius 3 is 2.59 bits per heavy atom. The van der Waals surface area contributed by atoms with Crippen LogP contribution in [-0.2, 0) is 6.18 Å². The van der Waals surface area contributed by atoms with E-state index in [2.05, 4.69) is 30.6 Å². The number of aromatic amines is 1. The quantitative estimate of drug-likeness (QED) is 0.250. The van der Waals surface area contributed by atoms with Gasteiger partial charge in [0.05, 0.1) is 16.6 Å². The Kier molecular flexibility index (Phi) is 6.08. The largest absolute Gasteiger partial charge is 0.416 e. The molecule has 37 heavy (non-hydrogen) atoms. The van der Waals surface area contributed by atoms with Gasteiger partial charge in [0, 0.05) is 41.1 Å². The molecule has 3 heterocycles. The van der Waals surface area contributed by atoms with Crippen molar-refractivity contribution in [2.24, 2.45) is 0 Å². The summed E-state index contributed by atoms with van der Waals surface area (Å²) in [6, 6.07) is 13.9. The summed E-state index contributed by atoms with van der Waals surface area (Å²) >= 11 is 0. The van der Waals surface area contributed by atoms with Gasteiger partial charge in [-0.15, -0.1) is 0 Å². The van der Waals surface area contributed by atoms with Crippen LogP contribution in [-0.4, -0.2) is 25.8 Å². The molecule has 0 aliphatic rings. The lowest BCUT2D eigenvalue weighted by atomic mass is 10.1. The Labute approximate surface area is 209 Å². The van der Waals surface area contributed by atoms with E-state index in [1.165, 1.54) is 6.07 Å². The highest BCUT2D eigenvalue weighted by molar-refractivity contribution is 6.05. The van der Waals surface area contributed by atoms with Gasteiger partial charge in [-0.25, -0.2) is 9.97 Å². The number of carbonyl (C=O) groups is 1. The third-order valence-corrected chi connectivity index (χ3v) is 5.75.